The fourth-order valence-corrected chi connectivity index (χ4v) is 5.07. The van der Waals surface area contributed by atoms with E-state index in [4.69, 9.17) is 21.3 Å². The van der Waals surface area contributed by atoms with Crippen LogP contribution < -0.4 is 9.64 Å². The van der Waals surface area contributed by atoms with Crippen LogP contribution >= 0.6 is 27.5 Å². The molecule has 8 nitrogen and oxygen atoms in total. The van der Waals surface area contributed by atoms with Crippen molar-refractivity contribution in [1.82, 2.24) is 19.8 Å². The van der Waals surface area contributed by atoms with E-state index in [1.807, 2.05) is 19.1 Å². The van der Waals surface area contributed by atoms with Crippen LogP contribution in [0.3, 0.4) is 0 Å². The first kappa shape index (κ1) is 22.4. The molecule has 1 aliphatic heterocycles. The van der Waals surface area contributed by atoms with Gasteiger partial charge in [-0.05, 0) is 68.3 Å². The third kappa shape index (κ3) is 4.54. The summed E-state index contributed by atoms with van der Waals surface area (Å²) in [5.74, 6) is 0.728. The SMILES string of the molecule is C[C@H]1CN(C(=O)O)CCN1c1nc(OC2CCCC2N(C)C)nc2cc(Br)c(Cl)cc12. The number of carboxylic acid groups (broad SMARTS) is 1. The lowest BCUT2D eigenvalue weighted by Gasteiger charge is -2.39. The van der Waals surface area contributed by atoms with E-state index in [-0.39, 0.29) is 12.1 Å². The molecule has 3 atom stereocenters. The summed E-state index contributed by atoms with van der Waals surface area (Å²) in [6, 6.07) is 4.38. The molecule has 1 aromatic heterocycles. The number of ether oxygens (including phenoxy) is 1. The molecule has 10 heteroatoms. The first-order valence-corrected chi connectivity index (χ1v) is 11.7. The van der Waals surface area contributed by atoms with Gasteiger partial charge in [0.25, 0.3) is 0 Å². The van der Waals surface area contributed by atoms with E-state index in [1.54, 1.807) is 0 Å². The zero-order valence-electron chi connectivity index (χ0n) is 17.9. The van der Waals surface area contributed by atoms with Crippen LogP contribution in [0.5, 0.6) is 6.01 Å². The van der Waals surface area contributed by atoms with E-state index >= 15 is 0 Å². The molecule has 4 rings (SSSR count). The Morgan fingerprint density at radius 1 is 1.29 bits per heavy atom. The van der Waals surface area contributed by atoms with Crippen LogP contribution in [0.1, 0.15) is 26.2 Å². The molecule has 2 aliphatic rings. The highest BCUT2D eigenvalue weighted by atomic mass is 79.9. The minimum Gasteiger partial charge on any atom is -0.465 e. The predicted molar refractivity (Wildman–Crippen MR) is 124 cm³/mol. The van der Waals surface area contributed by atoms with Crippen molar-refractivity contribution < 1.29 is 14.6 Å². The largest absolute Gasteiger partial charge is 0.465 e. The Morgan fingerprint density at radius 2 is 2.06 bits per heavy atom. The number of halogens is 2. The number of aromatic nitrogens is 2. The first-order chi connectivity index (χ1) is 14.7. The molecule has 0 bridgehead atoms. The molecule has 0 radical (unpaired) electrons. The van der Waals surface area contributed by atoms with Gasteiger partial charge in [0.1, 0.15) is 11.9 Å². The second-order valence-electron chi connectivity index (χ2n) is 8.50. The van der Waals surface area contributed by atoms with Crippen LogP contribution in [0.2, 0.25) is 5.02 Å². The fraction of sp³-hybridized carbons (Fsp3) is 0.571. The Kier molecular flexibility index (Phi) is 6.46. The molecule has 1 aliphatic carbocycles. The monoisotopic (exact) mass is 511 g/mol. The Hall–Kier alpha value is -1.84. The quantitative estimate of drug-likeness (QED) is 0.660. The van der Waals surface area contributed by atoms with Gasteiger partial charge in [0, 0.05) is 41.6 Å². The van der Waals surface area contributed by atoms with Gasteiger partial charge in [-0.25, -0.2) is 4.79 Å². The second kappa shape index (κ2) is 8.96. The van der Waals surface area contributed by atoms with Crippen molar-refractivity contribution in [2.75, 3.05) is 38.6 Å². The molecule has 2 aromatic rings. The van der Waals surface area contributed by atoms with E-state index in [0.29, 0.717) is 36.7 Å². The maximum absolute atomic E-state index is 11.4. The summed E-state index contributed by atoms with van der Waals surface area (Å²) in [5.41, 5.74) is 0.739. The molecule has 2 fully saturated rings. The number of rotatable bonds is 4. The highest BCUT2D eigenvalue weighted by molar-refractivity contribution is 9.10. The van der Waals surface area contributed by atoms with Crippen molar-refractivity contribution >= 4 is 50.3 Å². The lowest BCUT2D eigenvalue weighted by molar-refractivity contribution is 0.111. The summed E-state index contributed by atoms with van der Waals surface area (Å²) in [4.78, 5) is 26.7. The number of amides is 1. The lowest BCUT2D eigenvalue weighted by Crippen LogP contribution is -2.53. The van der Waals surface area contributed by atoms with E-state index in [1.165, 1.54) is 4.90 Å². The predicted octanol–water partition coefficient (Wildman–Crippen LogP) is 4.10. The zero-order valence-corrected chi connectivity index (χ0v) is 20.2. The zero-order chi connectivity index (χ0) is 22.3. The number of carbonyl (C=O) groups is 1. The van der Waals surface area contributed by atoms with Crippen molar-refractivity contribution in [2.45, 2.75) is 44.4 Å². The average molecular weight is 513 g/mol. The van der Waals surface area contributed by atoms with E-state index in [0.717, 1.165) is 40.5 Å². The number of piperazine rings is 1. The van der Waals surface area contributed by atoms with Crippen LogP contribution in [0.25, 0.3) is 10.9 Å². The van der Waals surface area contributed by atoms with Crippen molar-refractivity contribution in [3.63, 3.8) is 0 Å². The lowest BCUT2D eigenvalue weighted by atomic mass is 10.1. The summed E-state index contributed by atoms with van der Waals surface area (Å²) in [7, 11) is 4.14. The van der Waals surface area contributed by atoms with Crippen LogP contribution in [0.4, 0.5) is 10.6 Å². The third-order valence-corrected chi connectivity index (χ3v) is 7.40. The molecule has 2 heterocycles. The number of anilines is 1. The van der Waals surface area contributed by atoms with Crippen LogP contribution in [-0.2, 0) is 0 Å². The normalized spacial score (nSPS) is 24.3. The molecule has 168 valence electrons. The summed E-state index contributed by atoms with van der Waals surface area (Å²) in [6.45, 7) is 3.36. The van der Waals surface area contributed by atoms with E-state index in [2.05, 4.69) is 44.8 Å². The molecule has 1 saturated heterocycles. The number of hydrogen-bond acceptors (Lipinski definition) is 6. The first-order valence-electron chi connectivity index (χ1n) is 10.5. The van der Waals surface area contributed by atoms with E-state index in [9.17, 15) is 9.90 Å². The van der Waals surface area contributed by atoms with Gasteiger partial charge in [-0.1, -0.05) is 11.6 Å². The highest BCUT2D eigenvalue weighted by Gasteiger charge is 2.33. The smallest absolute Gasteiger partial charge is 0.407 e. The van der Waals surface area contributed by atoms with Gasteiger partial charge < -0.3 is 24.5 Å². The molecule has 0 spiro atoms. The minimum absolute atomic E-state index is 0.0392. The van der Waals surface area contributed by atoms with Gasteiger partial charge >= 0.3 is 12.1 Å². The van der Waals surface area contributed by atoms with Gasteiger partial charge in [0.05, 0.1) is 10.5 Å². The minimum atomic E-state index is -0.897. The van der Waals surface area contributed by atoms with Crippen LogP contribution in [0, 0.1) is 0 Å². The highest BCUT2D eigenvalue weighted by Crippen LogP contribution is 2.35. The van der Waals surface area contributed by atoms with Crippen molar-refractivity contribution in [2.24, 2.45) is 0 Å². The number of fused-ring (bicyclic) bond motifs is 1. The number of hydrogen-bond donors (Lipinski definition) is 1. The standard InChI is InChI=1S/C21H27BrClN5O3/c1-12-11-27(21(29)30)7-8-28(12)19-13-9-15(23)14(22)10-16(13)24-20(25-19)31-18-6-4-5-17(18)26(2)3/h9-10,12,17-18H,4-8,11H2,1-3H3,(H,29,30)/t12-,17?,18?/m0/s1. The Labute approximate surface area is 195 Å². The van der Waals surface area contributed by atoms with Gasteiger partial charge in [0.2, 0.25) is 0 Å². The van der Waals surface area contributed by atoms with Gasteiger partial charge in [-0.3, -0.25) is 0 Å². The van der Waals surface area contributed by atoms with Crippen molar-refractivity contribution in [3.05, 3.63) is 21.6 Å². The summed E-state index contributed by atoms with van der Waals surface area (Å²) in [6.07, 6.45) is 2.32. The molecule has 1 amide bonds. The third-order valence-electron chi connectivity index (χ3n) is 6.20. The Morgan fingerprint density at radius 3 is 2.74 bits per heavy atom. The molecule has 1 aromatic carbocycles. The maximum Gasteiger partial charge on any atom is 0.407 e. The van der Waals surface area contributed by atoms with Crippen molar-refractivity contribution in [3.8, 4) is 6.01 Å². The van der Waals surface area contributed by atoms with Gasteiger partial charge in [-0.15, -0.1) is 0 Å². The van der Waals surface area contributed by atoms with Gasteiger partial charge in [0.15, 0.2) is 0 Å². The molecular formula is C21H27BrClN5O3. The van der Waals surface area contributed by atoms with E-state index < -0.39 is 6.09 Å². The molecule has 2 unspecified atom stereocenters. The van der Waals surface area contributed by atoms with Crippen LogP contribution in [0.15, 0.2) is 16.6 Å². The molecular weight excluding hydrogens is 486 g/mol. The topological polar surface area (TPSA) is 82.0 Å². The summed E-state index contributed by atoms with van der Waals surface area (Å²) in [5, 5.41) is 10.8. The second-order valence-corrected chi connectivity index (χ2v) is 9.76. The van der Waals surface area contributed by atoms with Crippen LogP contribution in [-0.4, -0.2) is 82.9 Å². The Bertz CT molecular complexity index is 991. The van der Waals surface area contributed by atoms with Gasteiger partial charge in [-0.2, -0.15) is 9.97 Å². The fourth-order valence-electron chi connectivity index (χ4n) is 4.57. The molecule has 31 heavy (non-hydrogen) atoms. The summed E-state index contributed by atoms with van der Waals surface area (Å²) >= 11 is 9.88. The molecule has 1 saturated carbocycles. The van der Waals surface area contributed by atoms with Crippen molar-refractivity contribution in [1.29, 1.82) is 0 Å². The number of nitrogens with zero attached hydrogens (tertiary/aromatic N) is 5. The maximum atomic E-state index is 11.4. The Balaban J connectivity index is 1.72. The summed E-state index contributed by atoms with van der Waals surface area (Å²) < 4.78 is 7.07. The molecule has 1 N–H and O–H groups in total. The number of benzene rings is 1. The number of likely N-dealkylation sites (N-methyl/N-ethyl adjacent to an activating group) is 1. The average Bonchev–Trinajstić information content (AvgIpc) is 3.17.